The average molecular weight is 334 g/mol. The molecule has 0 unspecified atom stereocenters. The summed E-state index contributed by atoms with van der Waals surface area (Å²) < 4.78 is 6.26. The Labute approximate surface area is 104 Å². The van der Waals surface area contributed by atoms with Gasteiger partial charge >= 0.3 is 0 Å². The number of halogens is 1. The predicted octanol–water partition coefficient (Wildman–Crippen LogP) is 3.44. The molecule has 2 nitrogen and oxygen atoms in total. The monoisotopic (exact) mass is 334 g/mol. The maximum atomic E-state index is 4.12. The molecule has 0 spiro atoms. The quantitative estimate of drug-likeness (QED) is 0.635. The molecular formula is C9H7IN2S2. The summed E-state index contributed by atoms with van der Waals surface area (Å²) in [5.41, 5.74) is 1.32. The molecule has 1 aromatic heterocycles. The standard InChI is InChI=1S/C9H7IN2S2/c10-8-3-1-7(2-4-8)5-13-9-11-6-12-14-9/h1-4,6H,5H2. The molecular weight excluding hydrogens is 327 g/mol. The summed E-state index contributed by atoms with van der Waals surface area (Å²) >= 11 is 5.48. The van der Waals surface area contributed by atoms with Gasteiger partial charge in [-0.1, -0.05) is 23.9 Å². The van der Waals surface area contributed by atoms with Crippen molar-refractivity contribution in [2.24, 2.45) is 0 Å². The molecule has 2 rings (SSSR count). The largest absolute Gasteiger partial charge is 0.216 e. The summed E-state index contributed by atoms with van der Waals surface area (Å²) in [6.45, 7) is 0. The second-order valence-corrected chi connectivity index (χ2v) is 5.87. The highest BCUT2D eigenvalue weighted by Gasteiger charge is 1.98. The van der Waals surface area contributed by atoms with E-state index in [9.17, 15) is 0 Å². The lowest BCUT2D eigenvalue weighted by Gasteiger charge is -1.98. The van der Waals surface area contributed by atoms with Gasteiger partial charge in [0.2, 0.25) is 0 Å². The van der Waals surface area contributed by atoms with E-state index in [0.29, 0.717) is 0 Å². The number of hydrogen-bond acceptors (Lipinski definition) is 4. The fourth-order valence-corrected chi connectivity index (χ4v) is 2.71. The van der Waals surface area contributed by atoms with Gasteiger partial charge in [0.15, 0.2) is 4.34 Å². The molecule has 0 bridgehead atoms. The molecule has 0 aliphatic carbocycles. The highest BCUT2D eigenvalue weighted by Crippen LogP contribution is 2.23. The molecule has 0 atom stereocenters. The van der Waals surface area contributed by atoms with Gasteiger partial charge in [0.1, 0.15) is 6.33 Å². The third kappa shape index (κ3) is 2.93. The van der Waals surface area contributed by atoms with Crippen LogP contribution in [0.25, 0.3) is 0 Å². The van der Waals surface area contributed by atoms with E-state index in [2.05, 4.69) is 56.2 Å². The van der Waals surface area contributed by atoms with Crippen LogP contribution in [0.3, 0.4) is 0 Å². The summed E-state index contributed by atoms with van der Waals surface area (Å²) in [5.74, 6) is 0.964. The van der Waals surface area contributed by atoms with Crippen molar-refractivity contribution in [1.82, 2.24) is 9.36 Å². The van der Waals surface area contributed by atoms with E-state index in [-0.39, 0.29) is 0 Å². The first-order chi connectivity index (χ1) is 6.84. The maximum Gasteiger partial charge on any atom is 0.170 e. The molecule has 0 aliphatic heterocycles. The van der Waals surface area contributed by atoms with Crippen molar-refractivity contribution >= 4 is 45.9 Å². The summed E-state index contributed by atoms with van der Waals surface area (Å²) in [5, 5.41) is 0. The van der Waals surface area contributed by atoms with Crippen LogP contribution in [-0.4, -0.2) is 9.36 Å². The average Bonchev–Trinajstić information content (AvgIpc) is 2.70. The van der Waals surface area contributed by atoms with Crippen LogP contribution in [0, 0.1) is 3.57 Å². The molecule has 0 aliphatic rings. The highest BCUT2D eigenvalue weighted by atomic mass is 127. The molecule has 1 aromatic carbocycles. The van der Waals surface area contributed by atoms with E-state index in [1.54, 1.807) is 18.1 Å². The fourth-order valence-electron chi connectivity index (χ4n) is 0.952. The second kappa shape index (κ2) is 5.09. The van der Waals surface area contributed by atoms with E-state index >= 15 is 0 Å². The van der Waals surface area contributed by atoms with Gasteiger partial charge in [0.25, 0.3) is 0 Å². The Morgan fingerprint density at radius 2 is 2.07 bits per heavy atom. The van der Waals surface area contributed by atoms with Crippen LogP contribution >= 0.6 is 45.9 Å². The minimum Gasteiger partial charge on any atom is -0.216 e. The Morgan fingerprint density at radius 3 is 2.71 bits per heavy atom. The van der Waals surface area contributed by atoms with Crippen LogP contribution in [0.4, 0.5) is 0 Å². The molecule has 0 fully saturated rings. The first kappa shape index (κ1) is 10.4. The van der Waals surface area contributed by atoms with Crippen LogP contribution in [0.15, 0.2) is 34.9 Å². The Kier molecular flexibility index (Phi) is 3.77. The lowest BCUT2D eigenvalue weighted by Crippen LogP contribution is -1.80. The molecule has 72 valence electrons. The van der Waals surface area contributed by atoms with Gasteiger partial charge in [-0.3, -0.25) is 0 Å². The van der Waals surface area contributed by atoms with Gasteiger partial charge in [-0.2, -0.15) is 4.37 Å². The van der Waals surface area contributed by atoms with Crippen LogP contribution in [0.5, 0.6) is 0 Å². The van der Waals surface area contributed by atoms with E-state index in [4.69, 9.17) is 0 Å². The summed E-state index contributed by atoms with van der Waals surface area (Å²) in [4.78, 5) is 4.12. The van der Waals surface area contributed by atoms with E-state index in [1.165, 1.54) is 20.7 Å². The van der Waals surface area contributed by atoms with Crippen molar-refractivity contribution in [3.05, 3.63) is 39.7 Å². The molecule has 5 heteroatoms. The van der Waals surface area contributed by atoms with Crippen molar-refractivity contribution in [2.75, 3.05) is 0 Å². The molecule has 14 heavy (non-hydrogen) atoms. The van der Waals surface area contributed by atoms with Crippen molar-refractivity contribution in [1.29, 1.82) is 0 Å². The van der Waals surface area contributed by atoms with E-state index in [1.807, 2.05) is 0 Å². The summed E-state index contributed by atoms with van der Waals surface area (Å²) in [6, 6.07) is 8.54. The minimum atomic E-state index is 0.964. The Hall–Kier alpha value is -0.140. The summed E-state index contributed by atoms with van der Waals surface area (Å²) in [7, 11) is 0. The van der Waals surface area contributed by atoms with Gasteiger partial charge < -0.3 is 0 Å². The smallest absolute Gasteiger partial charge is 0.170 e. The van der Waals surface area contributed by atoms with E-state index < -0.39 is 0 Å². The van der Waals surface area contributed by atoms with Crippen LogP contribution < -0.4 is 0 Å². The van der Waals surface area contributed by atoms with Crippen molar-refractivity contribution in [2.45, 2.75) is 10.1 Å². The molecule has 0 N–H and O–H groups in total. The van der Waals surface area contributed by atoms with Crippen molar-refractivity contribution in [3.8, 4) is 0 Å². The first-order valence-electron chi connectivity index (χ1n) is 3.98. The number of benzene rings is 1. The van der Waals surface area contributed by atoms with Gasteiger partial charge in [0.05, 0.1) is 0 Å². The first-order valence-corrected chi connectivity index (χ1v) is 6.82. The molecule has 2 aromatic rings. The predicted molar refractivity (Wildman–Crippen MR) is 68.6 cm³/mol. The van der Waals surface area contributed by atoms with Crippen molar-refractivity contribution < 1.29 is 0 Å². The maximum absolute atomic E-state index is 4.12. The lowest BCUT2D eigenvalue weighted by atomic mass is 10.2. The van der Waals surface area contributed by atoms with Crippen LogP contribution in [0.2, 0.25) is 0 Å². The number of rotatable bonds is 3. The van der Waals surface area contributed by atoms with Gasteiger partial charge in [-0.15, -0.1) is 0 Å². The lowest BCUT2D eigenvalue weighted by molar-refractivity contribution is 1.21. The van der Waals surface area contributed by atoms with E-state index in [0.717, 1.165) is 10.1 Å². The molecule has 0 radical (unpaired) electrons. The SMILES string of the molecule is Ic1ccc(CSc2ncns2)cc1. The minimum absolute atomic E-state index is 0.964. The highest BCUT2D eigenvalue weighted by molar-refractivity contribution is 14.1. The Bertz CT molecular complexity index is 386. The zero-order valence-corrected chi connectivity index (χ0v) is 11.0. The van der Waals surface area contributed by atoms with Gasteiger partial charge in [0, 0.05) is 9.32 Å². The molecule has 1 heterocycles. The van der Waals surface area contributed by atoms with Gasteiger partial charge in [-0.05, 0) is 51.8 Å². The molecule has 0 saturated heterocycles. The second-order valence-electron chi connectivity index (χ2n) is 2.62. The Morgan fingerprint density at radius 1 is 1.29 bits per heavy atom. The van der Waals surface area contributed by atoms with Crippen LogP contribution in [-0.2, 0) is 5.75 Å². The fraction of sp³-hybridized carbons (Fsp3) is 0.111. The van der Waals surface area contributed by atoms with Crippen molar-refractivity contribution in [3.63, 3.8) is 0 Å². The molecule has 0 saturated carbocycles. The molecule has 0 amide bonds. The number of nitrogens with zero attached hydrogens (tertiary/aromatic N) is 2. The third-order valence-electron chi connectivity index (χ3n) is 1.62. The zero-order valence-electron chi connectivity index (χ0n) is 7.18. The number of thioether (sulfide) groups is 1. The number of hydrogen-bond donors (Lipinski definition) is 0. The topological polar surface area (TPSA) is 25.8 Å². The normalized spacial score (nSPS) is 10.4. The zero-order chi connectivity index (χ0) is 9.80. The number of aromatic nitrogens is 2. The van der Waals surface area contributed by atoms with Gasteiger partial charge in [-0.25, -0.2) is 4.98 Å². The third-order valence-corrected chi connectivity index (χ3v) is 4.20. The van der Waals surface area contributed by atoms with Crippen LogP contribution in [0.1, 0.15) is 5.56 Å². The summed E-state index contributed by atoms with van der Waals surface area (Å²) in [6.07, 6.45) is 1.60. The Balaban J connectivity index is 1.95.